The molecule has 0 atom stereocenters. The fraction of sp³-hybridized carbons (Fsp3) is 0.0833. The van der Waals surface area contributed by atoms with E-state index in [-0.39, 0.29) is 12.5 Å². The number of halogens is 1. The molecule has 0 aliphatic carbocycles. The highest BCUT2D eigenvalue weighted by molar-refractivity contribution is 6.30. The van der Waals surface area contributed by atoms with Crippen LogP contribution >= 0.6 is 11.6 Å². The molecule has 0 bridgehead atoms. The van der Waals surface area contributed by atoms with E-state index in [1.165, 1.54) is 0 Å². The van der Waals surface area contributed by atoms with Crippen LogP contribution in [0.5, 0.6) is 0 Å². The van der Waals surface area contributed by atoms with Gasteiger partial charge in [0, 0.05) is 5.02 Å². The summed E-state index contributed by atoms with van der Waals surface area (Å²) < 4.78 is 0. The van der Waals surface area contributed by atoms with E-state index in [1.807, 2.05) is 60.7 Å². The second-order valence-electron chi connectivity index (χ2n) is 6.63. The maximum absolute atomic E-state index is 12.9. The maximum atomic E-state index is 12.9. The Morgan fingerprint density at radius 3 is 1.87 bits per heavy atom. The van der Waals surface area contributed by atoms with Crippen molar-refractivity contribution in [2.45, 2.75) is 5.92 Å². The molecule has 0 spiro atoms. The average molecular weight is 420 g/mol. The van der Waals surface area contributed by atoms with Gasteiger partial charge in [0.05, 0.1) is 18.2 Å². The normalized spacial score (nSPS) is 10.3. The lowest BCUT2D eigenvalue weighted by atomic mass is 9.90. The van der Waals surface area contributed by atoms with E-state index in [9.17, 15) is 9.59 Å². The van der Waals surface area contributed by atoms with Crippen molar-refractivity contribution in [1.82, 2.24) is 16.2 Å². The fourth-order valence-electron chi connectivity index (χ4n) is 2.97. The van der Waals surface area contributed by atoms with E-state index in [0.717, 1.165) is 16.7 Å². The summed E-state index contributed by atoms with van der Waals surface area (Å²) in [6.45, 7) is 3.70. The van der Waals surface area contributed by atoms with Crippen LogP contribution in [0.25, 0.3) is 5.70 Å². The molecule has 30 heavy (non-hydrogen) atoms. The highest BCUT2D eigenvalue weighted by atomic mass is 35.5. The number of carbonyl (C=O) groups is 2. The van der Waals surface area contributed by atoms with Crippen molar-refractivity contribution in [3.63, 3.8) is 0 Å². The molecule has 0 heterocycles. The van der Waals surface area contributed by atoms with Crippen molar-refractivity contribution in [1.29, 1.82) is 0 Å². The van der Waals surface area contributed by atoms with Crippen LogP contribution < -0.4 is 16.2 Å². The van der Waals surface area contributed by atoms with E-state index in [1.54, 1.807) is 24.3 Å². The van der Waals surface area contributed by atoms with Gasteiger partial charge in [-0.15, -0.1) is 0 Å². The van der Waals surface area contributed by atoms with E-state index in [4.69, 9.17) is 11.6 Å². The molecule has 0 saturated heterocycles. The van der Waals surface area contributed by atoms with Crippen molar-refractivity contribution < 1.29 is 9.59 Å². The summed E-state index contributed by atoms with van der Waals surface area (Å²) in [5, 5.41) is 3.33. The van der Waals surface area contributed by atoms with Gasteiger partial charge in [-0.3, -0.25) is 20.4 Å². The van der Waals surface area contributed by atoms with E-state index in [0.29, 0.717) is 10.7 Å². The van der Waals surface area contributed by atoms with Crippen molar-refractivity contribution in [3.05, 3.63) is 113 Å². The smallest absolute Gasteiger partial charge is 0.257 e. The number of carbonyl (C=O) groups excluding carboxylic acids is 2. The summed E-state index contributed by atoms with van der Waals surface area (Å²) in [5.74, 6) is -1.14. The summed E-state index contributed by atoms with van der Waals surface area (Å²) in [4.78, 5) is 25.1. The van der Waals surface area contributed by atoms with Crippen LogP contribution in [0.15, 0.2) is 91.5 Å². The van der Waals surface area contributed by atoms with Crippen LogP contribution in [-0.4, -0.2) is 18.4 Å². The molecule has 0 aliphatic heterocycles. The van der Waals surface area contributed by atoms with Gasteiger partial charge in [-0.2, -0.15) is 0 Å². The number of amides is 2. The number of nitrogens with one attached hydrogen (secondary N) is 3. The number of rotatable bonds is 8. The third kappa shape index (κ3) is 5.72. The van der Waals surface area contributed by atoms with Crippen LogP contribution in [0.3, 0.4) is 0 Å². The Kier molecular flexibility index (Phi) is 7.24. The standard InChI is InChI=1S/C24H22ClN3O2/c1-17(18-12-14-21(25)15-13-18)27-28-22(29)16-26-24(30)23(19-8-4-2-5-9-19)20-10-6-3-7-11-20/h2-15,23,27H,1,16H2,(H,26,30)(H,28,29). The van der Waals surface area contributed by atoms with Crippen LogP contribution in [0.2, 0.25) is 5.02 Å². The molecule has 2 amide bonds. The zero-order chi connectivity index (χ0) is 21.3. The topological polar surface area (TPSA) is 70.2 Å². The molecule has 3 aromatic rings. The Hall–Kier alpha value is -3.57. The summed E-state index contributed by atoms with van der Waals surface area (Å²) in [7, 11) is 0. The van der Waals surface area contributed by atoms with Crippen molar-refractivity contribution in [2.75, 3.05) is 6.54 Å². The fourth-order valence-corrected chi connectivity index (χ4v) is 3.09. The molecule has 6 heteroatoms. The Labute approximate surface area is 180 Å². The quantitative estimate of drug-likeness (QED) is 0.485. The minimum absolute atomic E-state index is 0.171. The Bertz CT molecular complexity index is 966. The summed E-state index contributed by atoms with van der Waals surface area (Å²) >= 11 is 5.87. The Morgan fingerprint density at radius 1 is 0.800 bits per heavy atom. The lowest BCUT2D eigenvalue weighted by Crippen LogP contribution is -2.44. The Morgan fingerprint density at radius 2 is 1.33 bits per heavy atom. The highest BCUT2D eigenvalue weighted by Gasteiger charge is 2.22. The minimum atomic E-state index is -0.503. The van der Waals surface area contributed by atoms with Crippen molar-refractivity contribution in [3.8, 4) is 0 Å². The zero-order valence-electron chi connectivity index (χ0n) is 16.3. The molecule has 5 nitrogen and oxygen atoms in total. The second kappa shape index (κ2) is 10.3. The molecule has 0 fully saturated rings. The van der Waals surface area contributed by atoms with Crippen molar-refractivity contribution >= 4 is 29.1 Å². The van der Waals surface area contributed by atoms with Crippen LogP contribution in [0.4, 0.5) is 0 Å². The largest absolute Gasteiger partial charge is 0.346 e. The summed E-state index contributed by atoms with van der Waals surface area (Å²) in [6, 6.07) is 26.0. The number of hydrazine groups is 1. The molecular formula is C24H22ClN3O2. The number of hydrogen-bond donors (Lipinski definition) is 3. The zero-order valence-corrected chi connectivity index (χ0v) is 17.0. The van der Waals surface area contributed by atoms with Gasteiger partial charge in [0.2, 0.25) is 5.91 Å². The van der Waals surface area contributed by atoms with Gasteiger partial charge >= 0.3 is 0 Å². The van der Waals surface area contributed by atoms with E-state index < -0.39 is 11.8 Å². The van der Waals surface area contributed by atoms with E-state index in [2.05, 4.69) is 22.7 Å². The van der Waals surface area contributed by atoms with Gasteiger partial charge in [0.1, 0.15) is 0 Å². The number of benzene rings is 3. The minimum Gasteiger partial charge on any atom is -0.346 e. The monoisotopic (exact) mass is 419 g/mol. The van der Waals surface area contributed by atoms with Gasteiger partial charge in [0.25, 0.3) is 5.91 Å². The first kappa shape index (κ1) is 21.1. The highest BCUT2D eigenvalue weighted by Crippen LogP contribution is 2.24. The predicted octanol–water partition coefficient (Wildman–Crippen LogP) is 3.88. The molecule has 152 valence electrons. The van der Waals surface area contributed by atoms with Gasteiger partial charge in [-0.25, -0.2) is 0 Å². The third-order valence-electron chi connectivity index (χ3n) is 4.50. The molecule has 3 N–H and O–H groups in total. The van der Waals surface area contributed by atoms with Gasteiger partial charge in [-0.05, 0) is 28.8 Å². The second-order valence-corrected chi connectivity index (χ2v) is 7.07. The lowest BCUT2D eigenvalue weighted by molar-refractivity contribution is -0.126. The maximum Gasteiger partial charge on any atom is 0.257 e. The molecule has 0 saturated carbocycles. The van der Waals surface area contributed by atoms with Crippen molar-refractivity contribution in [2.24, 2.45) is 0 Å². The molecule has 0 unspecified atom stereocenters. The lowest BCUT2D eigenvalue weighted by Gasteiger charge is -2.18. The predicted molar refractivity (Wildman–Crippen MR) is 120 cm³/mol. The average Bonchev–Trinajstić information content (AvgIpc) is 2.78. The Balaban J connectivity index is 1.58. The van der Waals surface area contributed by atoms with Crippen LogP contribution in [0.1, 0.15) is 22.6 Å². The molecular weight excluding hydrogens is 398 g/mol. The summed E-state index contributed by atoms with van der Waals surface area (Å²) in [5.41, 5.74) is 8.29. The van der Waals surface area contributed by atoms with Gasteiger partial charge in [0.15, 0.2) is 0 Å². The van der Waals surface area contributed by atoms with E-state index >= 15 is 0 Å². The summed E-state index contributed by atoms with van der Waals surface area (Å²) in [6.07, 6.45) is 0. The molecule has 3 rings (SSSR count). The third-order valence-corrected chi connectivity index (χ3v) is 4.75. The molecule has 3 aromatic carbocycles. The first-order valence-corrected chi connectivity index (χ1v) is 9.79. The molecule has 0 aromatic heterocycles. The van der Waals surface area contributed by atoms with Crippen LogP contribution in [-0.2, 0) is 9.59 Å². The van der Waals surface area contributed by atoms with Gasteiger partial charge in [-0.1, -0.05) is 91.0 Å². The van der Waals surface area contributed by atoms with Gasteiger partial charge < -0.3 is 5.32 Å². The number of hydrogen-bond acceptors (Lipinski definition) is 3. The SMILES string of the molecule is C=C(NNC(=O)CNC(=O)C(c1ccccc1)c1ccccc1)c1ccc(Cl)cc1. The first-order chi connectivity index (χ1) is 14.5. The first-order valence-electron chi connectivity index (χ1n) is 9.42. The van der Waals surface area contributed by atoms with Crippen LogP contribution in [0, 0.1) is 0 Å². The molecule has 0 radical (unpaired) electrons. The molecule has 0 aliphatic rings.